The second kappa shape index (κ2) is 11.4. The summed E-state index contributed by atoms with van der Waals surface area (Å²) < 4.78 is 0. The summed E-state index contributed by atoms with van der Waals surface area (Å²) in [4.78, 5) is 0. The molecular formula is C16H32B2S2. The molecule has 0 saturated heterocycles. The van der Waals surface area contributed by atoms with Crippen molar-refractivity contribution in [3.63, 3.8) is 0 Å². The van der Waals surface area contributed by atoms with E-state index in [1.54, 1.807) is 0 Å². The number of rotatable bonds is 5. The van der Waals surface area contributed by atoms with Crippen molar-refractivity contribution in [1.29, 1.82) is 0 Å². The lowest BCUT2D eigenvalue weighted by Gasteiger charge is -2.24. The Hall–Kier alpha value is 0.830. The molecule has 4 heteroatoms. The second-order valence-corrected chi connectivity index (χ2v) is 7.39. The van der Waals surface area contributed by atoms with Gasteiger partial charge < -0.3 is 0 Å². The zero-order chi connectivity index (χ0) is 14.8. The van der Waals surface area contributed by atoms with E-state index in [2.05, 4.69) is 51.9 Å². The molecule has 1 rings (SSSR count). The molecule has 1 aliphatic rings. The third kappa shape index (κ3) is 7.20. The van der Waals surface area contributed by atoms with Crippen molar-refractivity contribution in [3.05, 3.63) is 0 Å². The fraction of sp³-hybridized carbons (Fsp3) is 1.00. The molecule has 0 aromatic rings. The molecule has 0 heterocycles. The maximum atomic E-state index is 4.45. The first-order valence-corrected chi connectivity index (χ1v) is 9.69. The average Bonchev–Trinajstić information content (AvgIpc) is 2.50. The minimum absolute atomic E-state index is 0.673. The van der Waals surface area contributed by atoms with Gasteiger partial charge in [0.25, 0.3) is 0 Å². The maximum absolute atomic E-state index is 4.45. The summed E-state index contributed by atoms with van der Waals surface area (Å²) in [7, 11) is 0. The molecule has 1 aliphatic carbocycles. The van der Waals surface area contributed by atoms with Gasteiger partial charge in [-0.1, -0.05) is 89.7 Å². The van der Waals surface area contributed by atoms with Crippen LogP contribution in [0.5, 0.6) is 0 Å². The molecule has 1 fully saturated rings. The van der Waals surface area contributed by atoms with E-state index >= 15 is 0 Å². The van der Waals surface area contributed by atoms with E-state index in [1.165, 1.54) is 64.2 Å². The van der Waals surface area contributed by atoms with Gasteiger partial charge >= 0.3 is 0 Å². The Morgan fingerprint density at radius 3 is 2.10 bits per heavy atom. The molecule has 0 nitrogen and oxygen atoms in total. The van der Waals surface area contributed by atoms with Gasteiger partial charge in [-0.15, -0.1) is 0 Å². The summed E-state index contributed by atoms with van der Waals surface area (Å²) in [6.07, 6.45) is 13.6. The third-order valence-electron chi connectivity index (χ3n) is 5.13. The van der Waals surface area contributed by atoms with Crippen LogP contribution in [0.4, 0.5) is 0 Å². The van der Waals surface area contributed by atoms with Crippen molar-refractivity contribution in [1.82, 2.24) is 0 Å². The van der Waals surface area contributed by atoms with Crippen molar-refractivity contribution in [2.24, 2.45) is 11.8 Å². The third-order valence-corrected chi connectivity index (χ3v) is 5.97. The molecule has 0 bridgehead atoms. The van der Waals surface area contributed by atoms with Crippen molar-refractivity contribution < 1.29 is 0 Å². The molecule has 4 unspecified atom stereocenters. The maximum Gasteiger partial charge on any atom is 0.190 e. The van der Waals surface area contributed by atoms with Gasteiger partial charge in [-0.05, 0) is 11.8 Å². The van der Waals surface area contributed by atoms with Crippen LogP contribution in [-0.4, -0.2) is 13.1 Å². The van der Waals surface area contributed by atoms with E-state index in [-0.39, 0.29) is 0 Å². The standard InChI is InChI=1S/C16H32B2S2/c1-3-7-13(2)14-8-4-5-10-15(17-19)12-16(18-20)11-6-9-14/h13-16,19-20H,3-12H2,1-2H3. The van der Waals surface area contributed by atoms with Crippen LogP contribution in [0.15, 0.2) is 0 Å². The number of hydrogen-bond donors (Lipinski definition) is 2. The van der Waals surface area contributed by atoms with E-state index in [9.17, 15) is 0 Å². The minimum Gasteiger partial charge on any atom is -0.235 e. The van der Waals surface area contributed by atoms with Gasteiger partial charge in [0.1, 0.15) is 0 Å². The van der Waals surface area contributed by atoms with E-state index in [0.717, 1.165) is 11.8 Å². The van der Waals surface area contributed by atoms with Crippen LogP contribution in [0.25, 0.3) is 0 Å². The lowest BCUT2D eigenvalue weighted by Crippen LogP contribution is -2.12. The van der Waals surface area contributed by atoms with Crippen LogP contribution in [-0.2, 0) is 0 Å². The zero-order valence-electron chi connectivity index (χ0n) is 13.4. The van der Waals surface area contributed by atoms with E-state index < -0.39 is 0 Å². The number of hydrogen-bond acceptors (Lipinski definition) is 2. The molecule has 0 spiro atoms. The van der Waals surface area contributed by atoms with E-state index in [0.29, 0.717) is 11.6 Å². The zero-order valence-corrected chi connectivity index (χ0v) is 15.2. The lowest BCUT2D eigenvalue weighted by molar-refractivity contribution is 0.282. The SMILES string of the molecule is CCCC(C)C1CCCCC([B]S)CC([B]S)CCC1. The first-order chi connectivity index (χ1) is 9.71. The predicted octanol–water partition coefficient (Wildman–Crippen LogP) is 5.85. The van der Waals surface area contributed by atoms with Crippen LogP contribution >= 0.6 is 25.0 Å². The van der Waals surface area contributed by atoms with Crippen LogP contribution < -0.4 is 0 Å². The summed E-state index contributed by atoms with van der Waals surface area (Å²) in [5, 5.41) is 0. The lowest BCUT2D eigenvalue weighted by atomic mass is 9.68. The summed E-state index contributed by atoms with van der Waals surface area (Å²) in [5.74, 6) is 3.21. The monoisotopic (exact) mass is 310 g/mol. The fourth-order valence-electron chi connectivity index (χ4n) is 3.76. The highest BCUT2D eigenvalue weighted by molar-refractivity contribution is 8.07. The van der Waals surface area contributed by atoms with Gasteiger partial charge in [-0.25, -0.2) is 25.0 Å². The highest BCUT2D eigenvalue weighted by atomic mass is 32.1. The Bertz CT molecular complexity index is 239. The molecule has 114 valence electrons. The molecule has 0 amide bonds. The highest BCUT2D eigenvalue weighted by Crippen LogP contribution is 2.35. The summed E-state index contributed by atoms with van der Waals surface area (Å²) in [6.45, 7) is 9.05. The van der Waals surface area contributed by atoms with Gasteiger partial charge in [0.2, 0.25) is 0 Å². The van der Waals surface area contributed by atoms with Gasteiger partial charge in [0.05, 0.1) is 0 Å². The smallest absolute Gasteiger partial charge is 0.190 e. The van der Waals surface area contributed by atoms with Crippen molar-refractivity contribution in [3.8, 4) is 0 Å². The van der Waals surface area contributed by atoms with Crippen molar-refractivity contribution in [2.75, 3.05) is 0 Å². The first kappa shape index (κ1) is 18.9. The molecule has 20 heavy (non-hydrogen) atoms. The van der Waals surface area contributed by atoms with E-state index in [4.69, 9.17) is 0 Å². The van der Waals surface area contributed by atoms with Gasteiger partial charge in [0.15, 0.2) is 13.1 Å². The van der Waals surface area contributed by atoms with Crippen LogP contribution in [0, 0.1) is 11.8 Å². The van der Waals surface area contributed by atoms with Gasteiger partial charge in [-0.3, -0.25) is 0 Å². The topological polar surface area (TPSA) is 0 Å². The van der Waals surface area contributed by atoms with Crippen LogP contribution in [0.1, 0.15) is 78.1 Å². The molecule has 0 aliphatic heterocycles. The van der Waals surface area contributed by atoms with Crippen molar-refractivity contribution in [2.45, 2.75) is 89.7 Å². The fourth-order valence-corrected chi connectivity index (χ4v) is 4.30. The second-order valence-electron chi connectivity index (χ2n) is 6.80. The highest BCUT2D eigenvalue weighted by Gasteiger charge is 2.21. The molecule has 1 saturated carbocycles. The number of thiol groups is 2. The van der Waals surface area contributed by atoms with Crippen LogP contribution in [0.3, 0.4) is 0 Å². The Balaban J connectivity index is 2.54. The quantitative estimate of drug-likeness (QED) is 0.462. The molecule has 2 radical (unpaired) electrons. The summed E-state index contributed by atoms with van der Waals surface area (Å²) in [6, 6.07) is 0. The molecular weight excluding hydrogens is 278 g/mol. The first-order valence-electron chi connectivity index (χ1n) is 8.66. The Kier molecular flexibility index (Phi) is 10.8. The summed E-state index contributed by atoms with van der Waals surface area (Å²) in [5.41, 5.74) is 0. The minimum atomic E-state index is 0.673. The molecule has 0 aromatic carbocycles. The molecule has 0 N–H and O–H groups in total. The predicted molar refractivity (Wildman–Crippen MR) is 101 cm³/mol. The molecule has 4 atom stereocenters. The Morgan fingerprint density at radius 2 is 1.50 bits per heavy atom. The van der Waals surface area contributed by atoms with Gasteiger partial charge in [-0.2, -0.15) is 0 Å². The Morgan fingerprint density at radius 1 is 0.950 bits per heavy atom. The largest absolute Gasteiger partial charge is 0.235 e. The molecule has 0 aromatic heterocycles. The Labute approximate surface area is 139 Å². The van der Waals surface area contributed by atoms with Crippen molar-refractivity contribution >= 4 is 38.1 Å². The normalized spacial score (nSPS) is 31.1. The summed E-state index contributed by atoms with van der Waals surface area (Å²) >= 11 is 8.88. The average molecular weight is 310 g/mol. The van der Waals surface area contributed by atoms with Gasteiger partial charge in [0, 0.05) is 0 Å². The van der Waals surface area contributed by atoms with Crippen LogP contribution in [0.2, 0.25) is 11.6 Å². The van der Waals surface area contributed by atoms with E-state index in [1.807, 2.05) is 0 Å².